The van der Waals surface area contributed by atoms with Crippen LogP contribution in [0.1, 0.15) is 47.0 Å². The van der Waals surface area contributed by atoms with Gasteiger partial charge in [0.2, 0.25) is 0 Å². The van der Waals surface area contributed by atoms with E-state index in [1.165, 1.54) is 4.90 Å². The maximum absolute atomic E-state index is 12.4. The second-order valence-electron chi connectivity index (χ2n) is 5.72. The van der Waals surface area contributed by atoms with Crippen LogP contribution in [0.25, 0.3) is 0 Å². The molecule has 0 aliphatic carbocycles. The van der Waals surface area contributed by atoms with Crippen LogP contribution < -0.4 is 5.32 Å². The molecule has 1 fully saturated rings. The Morgan fingerprint density at radius 1 is 1.40 bits per heavy atom. The number of unbranched alkanes of at least 4 members (excludes halogenated alkanes) is 1. The van der Waals surface area contributed by atoms with Crippen LogP contribution in [0.15, 0.2) is 0 Å². The number of thioether (sulfide) groups is 1. The predicted octanol–water partition coefficient (Wildman–Crippen LogP) is 2.76. The number of nitrogens with one attached hydrogen (secondary N) is 1. The van der Waals surface area contributed by atoms with Gasteiger partial charge in [0.15, 0.2) is 0 Å². The lowest BCUT2D eigenvalue weighted by atomic mass is 10.1. The van der Waals surface area contributed by atoms with Crippen molar-refractivity contribution in [2.24, 2.45) is 5.92 Å². The van der Waals surface area contributed by atoms with Crippen molar-refractivity contribution < 1.29 is 14.7 Å². The van der Waals surface area contributed by atoms with Crippen molar-refractivity contribution in [3.63, 3.8) is 0 Å². The summed E-state index contributed by atoms with van der Waals surface area (Å²) in [4.78, 5) is 25.2. The van der Waals surface area contributed by atoms with E-state index in [0.717, 1.165) is 19.3 Å². The van der Waals surface area contributed by atoms with Gasteiger partial charge in [0.1, 0.15) is 6.04 Å². The fraction of sp³-hybridized carbons (Fsp3) is 0.857. The summed E-state index contributed by atoms with van der Waals surface area (Å²) in [6.07, 6.45) is 3.08. The third-order valence-corrected chi connectivity index (χ3v) is 5.11. The Bertz CT molecular complexity index is 349. The summed E-state index contributed by atoms with van der Waals surface area (Å²) in [5.74, 6) is -0.215. The van der Waals surface area contributed by atoms with Gasteiger partial charge in [0.05, 0.1) is 5.37 Å². The highest BCUT2D eigenvalue weighted by Gasteiger charge is 2.43. The highest BCUT2D eigenvalue weighted by atomic mass is 32.2. The Balaban J connectivity index is 2.71. The summed E-state index contributed by atoms with van der Waals surface area (Å²) in [6.45, 7) is 8.11. The van der Waals surface area contributed by atoms with E-state index in [2.05, 4.69) is 12.2 Å². The van der Waals surface area contributed by atoms with Crippen molar-refractivity contribution in [3.05, 3.63) is 0 Å². The first-order valence-electron chi connectivity index (χ1n) is 7.31. The average molecular weight is 302 g/mol. The maximum atomic E-state index is 12.4. The first-order chi connectivity index (χ1) is 9.38. The van der Waals surface area contributed by atoms with Crippen molar-refractivity contribution in [3.8, 4) is 0 Å². The van der Waals surface area contributed by atoms with Gasteiger partial charge in [-0.3, -0.25) is 4.90 Å². The van der Waals surface area contributed by atoms with E-state index in [4.69, 9.17) is 0 Å². The summed E-state index contributed by atoms with van der Waals surface area (Å²) in [7, 11) is 0. The van der Waals surface area contributed by atoms with Gasteiger partial charge in [0, 0.05) is 11.8 Å². The number of aliphatic carboxylic acids is 1. The monoisotopic (exact) mass is 302 g/mol. The topological polar surface area (TPSA) is 69.6 Å². The van der Waals surface area contributed by atoms with Crippen LogP contribution in [0.3, 0.4) is 0 Å². The molecule has 0 aromatic heterocycles. The maximum Gasteiger partial charge on any atom is 0.327 e. The van der Waals surface area contributed by atoms with E-state index in [0.29, 0.717) is 5.75 Å². The van der Waals surface area contributed by atoms with Gasteiger partial charge >= 0.3 is 12.0 Å². The van der Waals surface area contributed by atoms with E-state index in [9.17, 15) is 14.7 Å². The third-order valence-electron chi connectivity index (χ3n) is 3.49. The molecule has 1 saturated heterocycles. The molecule has 3 unspecified atom stereocenters. The van der Waals surface area contributed by atoms with Crippen LogP contribution in [-0.4, -0.2) is 45.2 Å². The fourth-order valence-corrected chi connectivity index (χ4v) is 3.83. The SMILES string of the molecule is CCCCC(C)NC(=O)N1C(C(=O)O)CSC1C(C)C. The van der Waals surface area contributed by atoms with E-state index in [1.807, 2.05) is 20.8 Å². The van der Waals surface area contributed by atoms with Gasteiger partial charge in [-0.2, -0.15) is 0 Å². The predicted molar refractivity (Wildman–Crippen MR) is 81.9 cm³/mol. The standard InChI is InChI=1S/C14H26N2O3S/c1-5-6-7-10(4)15-14(19)16-11(13(17)18)8-20-12(16)9(2)3/h9-12H,5-8H2,1-4H3,(H,15,19)(H,17,18). The third kappa shape index (κ3) is 4.30. The zero-order chi connectivity index (χ0) is 15.3. The normalized spacial score (nSPS) is 23.9. The lowest BCUT2D eigenvalue weighted by molar-refractivity contribution is -0.141. The van der Waals surface area contributed by atoms with Gasteiger partial charge in [-0.25, -0.2) is 9.59 Å². The summed E-state index contributed by atoms with van der Waals surface area (Å²) < 4.78 is 0. The molecule has 0 aromatic carbocycles. The van der Waals surface area contributed by atoms with Crippen LogP contribution >= 0.6 is 11.8 Å². The number of carboxylic acid groups (broad SMARTS) is 1. The number of rotatable bonds is 6. The molecule has 116 valence electrons. The highest BCUT2D eigenvalue weighted by Crippen LogP contribution is 2.34. The lowest BCUT2D eigenvalue weighted by Gasteiger charge is -2.31. The average Bonchev–Trinajstić information content (AvgIpc) is 2.81. The molecule has 0 bridgehead atoms. The molecular formula is C14H26N2O3S. The molecule has 1 rings (SSSR count). The van der Waals surface area contributed by atoms with Crippen LogP contribution in [0.5, 0.6) is 0 Å². The molecule has 20 heavy (non-hydrogen) atoms. The van der Waals surface area contributed by atoms with Crippen LogP contribution in [0.2, 0.25) is 0 Å². The number of carbonyl (C=O) groups is 2. The van der Waals surface area contributed by atoms with Gasteiger partial charge in [-0.05, 0) is 19.3 Å². The molecule has 0 saturated carbocycles. The first kappa shape index (κ1) is 17.1. The van der Waals surface area contributed by atoms with Crippen LogP contribution in [0.4, 0.5) is 4.79 Å². The van der Waals surface area contributed by atoms with E-state index in [1.54, 1.807) is 11.8 Å². The van der Waals surface area contributed by atoms with Gasteiger partial charge in [-0.1, -0.05) is 33.6 Å². The summed E-state index contributed by atoms with van der Waals surface area (Å²) in [5.41, 5.74) is 0. The zero-order valence-corrected chi connectivity index (χ0v) is 13.6. The van der Waals surface area contributed by atoms with E-state index < -0.39 is 12.0 Å². The van der Waals surface area contributed by atoms with Crippen molar-refractivity contribution >= 4 is 23.8 Å². The number of carbonyl (C=O) groups excluding carboxylic acids is 1. The Kier molecular flexibility index (Phi) is 6.65. The fourth-order valence-electron chi connectivity index (χ4n) is 2.36. The molecule has 1 aliphatic heterocycles. The van der Waals surface area contributed by atoms with Gasteiger partial charge < -0.3 is 10.4 Å². The van der Waals surface area contributed by atoms with Crippen LogP contribution in [-0.2, 0) is 4.79 Å². The molecule has 2 N–H and O–H groups in total. The van der Waals surface area contributed by atoms with Crippen molar-refractivity contribution in [2.45, 2.75) is 64.4 Å². The van der Waals surface area contributed by atoms with Crippen molar-refractivity contribution in [2.75, 3.05) is 5.75 Å². The number of amides is 2. The molecular weight excluding hydrogens is 276 g/mol. The molecule has 3 atom stereocenters. The highest BCUT2D eigenvalue weighted by molar-refractivity contribution is 8.00. The van der Waals surface area contributed by atoms with Gasteiger partial charge in [-0.15, -0.1) is 11.8 Å². The first-order valence-corrected chi connectivity index (χ1v) is 8.36. The zero-order valence-electron chi connectivity index (χ0n) is 12.8. The Labute approximate surface area is 125 Å². The summed E-state index contributed by atoms with van der Waals surface area (Å²) in [5, 5.41) is 12.1. The largest absolute Gasteiger partial charge is 0.480 e. The molecule has 0 spiro atoms. The molecule has 5 nitrogen and oxygen atoms in total. The number of hydrogen-bond donors (Lipinski definition) is 2. The molecule has 1 aliphatic rings. The second kappa shape index (κ2) is 7.76. The van der Waals surface area contributed by atoms with Crippen LogP contribution in [0, 0.1) is 5.92 Å². The molecule has 0 radical (unpaired) electrons. The summed E-state index contributed by atoms with van der Waals surface area (Å²) >= 11 is 1.55. The smallest absolute Gasteiger partial charge is 0.327 e. The van der Waals surface area contributed by atoms with Gasteiger partial charge in [0.25, 0.3) is 0 Å². The number of urea groups is 1. The number of nitrogens with zero attached hydrogens (tertiary/aromatic N) is 1. The lowest BCUT2D eigenvalue weighted by Crippen LogP contribution is -2.53. The Hall–Kier alpha value is -0.910. The van der Waals surface area contributed by atoms with Crippen molar-refractivity contribution in [1.82, 2.24) is 10.2 Å². The van der Waals surface area contributed by atoms with E-state index in [-0.39, 0.29) is 23.4 Å². The second-order valence-corrected chi connectivity index (χ2v) is 6.87. The number of carboxylic acids is 1. The minimum absolute atomic E-state index is 0.0607. The molecule has 2 amide bonds. The van der Waals surface area contributed by atoms with Crippen molar-refractivity contribution in [1.29, 1.82) is 0 Å². The number of hydrogen-bond acceptors (Lipinski definition) is 3. The molecule has 0 aromatic rings. The quantitative estimate of drug-likeness (QED) is 0.791. The Morgan fingerprint density at radius 2 is 2.05 bits per heavy atom. The van der Waals surface area contributed by atoms with E-state index >= 15 is 0 Å². The molecule has 6 heteroatoms. The Morgan fingerprint density at radius 3 is 2.55 bits per heavy atom. The minimum atomic E-state index is -0.919. The summed E-state index contributed by atoms with van der Waals surface area (Å²) in [6, 6.07) is -0.884. The molecule has 1 heterocycles. The minimum Gasteiger partial charge on any atom is -0.480 e.